The molecule has 6 heteroatoms. The Hall–Kier alpha value is -0.430. The van der Waals surface area contributed by atoms with Gasteiger partial charge in [0.2, 0.25) is 10.0 Å². The number of sulfonamides is 1. The highest BCUT2D eigenvalue weighted by Gasteiger charge is 2.21. The van der Waals surface area contributed by atoms with Crippen LogP contribution in [0.15, 0.2) is 27.6 Å². The first-order valence-corrected chi connectivity index (χ1v) is 8.76. The first kappa shape index (κ1) is 15.0. The Bertz CT molecular complexity index is 538. The number of rotatable bonds is 3. The second-order valence-corrected chi connectivity index (χ2v) is 7.48. The summed E-state index contributed by atoms with van der Waals surface area (Å²) in [4.78, 5) is 0.338. The Morgan fingerprint density at radius 2 is 2.11 bits per heavy atom. The molecule has 0 spiro atoms. The number of hydrogen-bond donors (Lipinski definition) is 2. The third-order valence-corrected chi connectivity index (χ3v) is 5.75. The molecule has 0 aliphatic carbocycles. The van der Waals surface area contributed by atoms with Crippen molar-refractivity contribution in [2.45, 2.75) is 37.1 Å². The van der Waals surface area contributed by atoms with E-state index < -0.39 is 10.0 Å². The van der Waals surface area contributed by atoms with Gasteiger partial charge in [-0.15, -0.1) is 0 Å². The van der Waals surface area contributed by atoms with Crippen molar-refractivity contribution >= 4 is 26.0 Å². The lowest BCUT2D eigenvalue weighted by Gasteiger charge is -2.16. The summed E-state index contributed by atoms with van der Waals surface area (Å²) >= 11 is 3.38. The first-order chi connectivity index (χ1) is 8.99. The molecule has 1 aromatic carbocycles. The summed E-state index contributed by atoms with van der Waals surface area (Å²) in [5.74, 6) is 0. The van der Waals surface area contributed by atoms with Crippen LogP contribution in [0, 0.1) is 6.92 Å². The monoisotopic (exact) mass is 346 g/mol. The van der Waals surface area contributed by atoms with Crippen LogP contribution in [0.25, 0.3) is 0 Å². The van der Waals surface area contributed by atoms with Crippen molar-refractivity contribution < 1.29 is 8.42 Å². The van der Waals surface area contributed by atoms with E-state index in [-0.39, 0.29) is 6.04 Å². The second-order valence-electron chi connectivity index (χ2n) is 4.91. The summed E-state index contributed by atoms with van der Waals surface area (Å²) in [7, 11) is -3.41. The Morgan fingerprint density at radius 3 is 2.84 bits per heavy atom. The molecule has 1 fully saturated rings. The lowest BCUT2D eigenvalue weighted by molar-refractivity contribution is 0.518. The minimum absolute atomic E-state index is 0.0314. The molecule has 1 heterocycles. The number of nitrogens with one attached hydrogen (secondary N) is 2. The number of aryl methyl sites for hydroxylation is 1. The number of hydrogen-bond acceptors (Lipinski definition) is 3. The molecule has 0 bridgehead atoms. The van der Waals surface area contributed by atoms with E-state index in [1.807, 2.05) is 6.92 Å². The minimum atomic E-state index is -3.41. The van der Waals surface area contributed by atoms with Gasteiger partial charge in [-0.2, -0.15) is 0 Å². The van der Waals surface area contributed by atoms with Gasteiger partial charge < -0.3 is 5.32 Å². The van der Waals surface area contributed by atoms with Gasteiger partial charge >= 0.3 is 0 Å². The van der Waals surface area contributed by atoms with Crippen molar-refractivity contribution in [1.82, 2.24) is 10.0 Å². The molecule has 4 nitrogen and oxygen atoms in total. The molecule has 1 atom stereocenters. The Labute approximate surface area is 123 Å². The van der Waals surface area contributed by atoms with E-state index in [4.69, 9.17) is 0 Å². The average molecular weight is 347 g/mol. The van der Waals surface area contributed by atoms with Crippen molar-refractivity contribution in [3.05, 3.63) is 28.2 Å². The minimum Gasteiger partial charge on any atom is -0.317 e. The third kappa shape index (κ3) is 4.02. The van der Waals surface area contributed by atoms with Crippen LogP contribution in [-0.2, 0) is 10.0 Å². The topological polar surface area (TPSA) is 58.2 Å². The summed E-state index contributed by atoms with van der Waals surface area (Å²) in [5, 5.41) is 3.28. The maximum Gasteiger partial charge on any atom is 0.240 e. The zero-order valence-corrected chi connectivity index (χ0v) is 13.4. The van der Waals surface area contributed by atoms with Crippen LogP contribution in [0.2, 0.25) is 0 Å². The van der Waals surface area contributed by atoms with Gasteiger partial charge in [-0.05, 0) is 63.0 Å². The van der Waals surface area contributed by atoms with Crippen molar-refractivity contribution in [1.29, 1.82) is 0 Å². The first-order valence-electron chi connectivity index (χ1n) is 6.48. The molecule has 106 valence electrons. The zero-order chi connectivity index (χ0) is 13.9. The van der Waals surface area contributed by atoms with Crippen LogP contribution in [-0.4, -0.2) is 27.5 Å². The highest BCUT2D eigenvalue weighted by Crippen LogP contribution is 2.20. The molecule has 1 unspecified atom stereocenters. The molecule has 0 aromatic heterocycles. The maximum absolute atomic E-state index is 12.3. The summed E-state index contributed by atoms with van der Waals surface area (Å²) in [6, 6.07) is 5.14. The molecule has 1 aliphatic heterocycles. The molecule has 0 saturated carbocycles. The highest BCUT2D eigenvalue weighted by atomic mass is 79.9. The van der Waals surface area contributed by atoms with E-state index in [0.717, 1.165) is 42.4 Å². The molecule has 1 saturated heterocycles. The molecule has 0 amide bonds. The van der Waals surface area contributed by atoms with Crippen molar-refractivity contribution in [3.8, 4) is 0 Å². The van der Waals surface area contributed by atoms with Gasteiger partial charge in [0.05, 0.1) is 4.90 Å². The fourth-order valence-electron chi connectivity index (χ4n) is 2.21. The van der Waals surface area contributed by atoms with Crippen LogP contribution >= 0.6 is 15.9 Å². The number of benzene rings is 1. The van der Waals surface area contributed by atoms with Gasteiger partial charge in [0.25, 0.3) is 0 Å². The standard InChI is InChI=1S/C13H19BrN2O2S/c1-10-9-12(4-5-13(10)14)19(17,18)16-11-3-2-7-15-8-6-11/h4-5,9,11,15-16H,2-3,6-8H2,1H3. The highest BCUT2D eigenvalue weighted by molar-refractivity contribution is 9.10. The SMILES string of the molecule is Cc1cc(S(=O)(=O)NC2CCCNCC2)ccc1Br. The Morgan fingerprint density at radius 1 is 1.32 bits per heavy atom. The van der Waals surface area contributed by atoms with Gasteiger partial charge in [0.1, 0.15) is 0 Å². The summed E-state index contributed by atoms with van der Waals surface area (Å²) in [6.45, 7) is 3.72. The van der Waals surface area contributed by atoms with E-state index in [9.17, 15) is 8.42 Å². The van der Waals surface area contributed by atoms with Crippen LogP contribution < -0.4 is 10.0 Å². The largest absolute Gasteiger partial charge is 0.317 e. The van der Waals surface area contributed by atoms with Crippen molar-refractivity contribution in [2.24, 2.45) is 0 Å². The molecule has 0 radical (unpaired) electrons. The van der Waals surface area contributed by atoms with E-state index >= 15 is 0 Å². The molecule has 19 heavy (non-hydrogen) atoms. The average Bonchev–Trinajstić information content (AvgIpc) is 2.60. The van der Waals surface area contributed by atoms with E-state index in [1.165, 1.54) is 0 Å². The number of halogens is 1. The van der Waals surface area contributed by atoms with Crippen molar-refractivity contribution in [2.75, 3.05) is 13.1 Å². The normalized spacial score (nSPS) is 21.1. The van der Waals surface area contributed by atoms with Crippen molar-refractivity contribution in [3.63, 3.8) is 0 Å². The van der Waals surface area contributed by atoms with Gasteiger partial charge in [-0.3, -0.25) is 0 Å². The fourth-order valence-corrected chi connectivity index (χ4v) is 3.85. The van der Waals surface area contributed by atoms with E-state index in [2.05, 4.69) is 26.0 Å². The molecule has 1 aromatic rings. The molecular weight excluding hydrogens is 328 g/mol. The molecular formula is C13H19BrN2O2S. The molecule has 2 rings (SSSR count). The van der Waals surface area contributed by atoms with Crippen LogP contribution in [0.1, 0.15) is 24.8 Å². The summed E-state index contributed by atoms with van der Waals surface area (Å²) < 4.78 is 28.4. The van der Waals surface area contributed by atoms with Gasteiger partial charge in [-0.25, -0.2) is 13.1 Å². The van der Waals surface area contributed by atoms with E-state index in [0.29, 0.717) is 4.90 Å². The van der Waals surface area contributed by atoms with E-state index in [1.54, 1.807) is 18.2 Å². The third-order valence-electron chi connectivity index (χ3n) is 3.34. The lowest BCUT2D eigenvalue weighted by atomic mass is 10.1. The Kier molecular flexibility index (Phi) is 5.00. The maximum atomic E-state index is 12.3. The summed E-state index contributed by atoms with van der Waals surface area (Å²) in [6.07, 6.45) is 2.74. The predicted molar refractivity (Wildman–Crippen MR) is 79.7 cm³/mol. The Balaban J connectivity index is 2.14. The van der Waals surface area contributed by atoms with Crippen LogP contribution in [0.3, 0.4) is 0 Å². The predicted octanol–water partition coefficient (Wildman–Crippen LogP) is 2.18. The van der Waals surface area contributed by atoms with Crippen LogP contribution in [0.5, 0.6) is 0 Å². The summed E-state index contributed by atoms with van der Waals surface area (Å²) in [5.41, 5.74) is 0.922. The van der Waals surface area contributed by atoms with Gasteiger partial charge in [0, 0.05) is 10.5 Å². The zero-order valence-electron chi connectivity index (χ0n) is 10.9. The second kappa shape index (κ2) is 6.35. The lowest BCUT2D eigenvalue weighted by Crippen LogP contribution is -2.35. The fraction of sp³-hybridized carbons (Fsp3) is 0.538. The quantitative estimate of drug-likeness (QED) is 0.881. The van der Waals surface area contributed by atoms with Gasteiger partial charge in [0.15, 0.2) is 0 Å². The molecule has 2 N–H and O–H groups in total. The van der Waals surface area contributed by atoms with Crippen LogP contribution in [0.4, 0.5) is 0 Å². The smallest absolute Gasteiger partial charge is 0.240 e. The van der Waals surface area contributed by atoms with Gasteiger partial charge in [-0.1, -0.05) is 15.9 Å². The molecule has 1 aliphatic rings.